The van der Waals surface area contributed by atoms with Crippen molar-refractivity contribution in [3.8, 4) is 5.75 Å². The SMILES string of the molecule is Cc1ccc(OCCN(C)[C@@H](C)C(=O)Nc2nc3ccccc3s2)cc1. The van der Waals surface area contributed by atoms with Gasteiger partial charge in [-0.1, -0.05) is 41.2 Å². The average Bonchev–Trinajstić information content (AvgIpc) is 3.04. The van der Waals surface area contributed by atoms with E-state index in [0.717, 1.165) is 16.0 Å². The number of thiazole rings is 1. The largest absolute Gasteiger partial charge is 0.492 e. The molecule has 0 saturated heterocycles. The lowest BCUT2D eigenvalue weighted by Gasteiger charge is -2.23. The number of ether oxygens (including phenoxy) is 1. The van der Waals surface area contributed by atoms with Crippen molar-refractivity contribution in [3.05, 3.63) is 54.1 Å². The molecule has 0 aliphatic rings. The number of aryl methyl sites for hydroxylation is 1. The van der Waals surface area contributed by atoms with Crippen LogP contribution in [-0.4, -0.2) is 42.0 Å². The van der Waals surface area contributed by atoms with Gasteiger partial charge >= 0.3 is 0 Å². The van der Waals surface area contributed by atoms with Gasteiger partial charge < -0.3 is 10.1 Å². The van der Waals surface area contributed by atoms with Crippen LogP contribution in [0.2, 0.25) is 0 Å². The molecule has 0 fully saturated rings. The van der Waals surface area contributed by atoms with Gasteiger partial charge in [0.25, 0.3) is 0 Å². The maximum absolute atomic E-state index is 12.5. The molecule has 1 amide bonds. The van der Waals surface area contributed by atoms with E-state index in [1.165, 1.54) is 16.9 Å². The van der Waals surface area contributed by atoms with Gasteiger partial charge in [-0.3, -0.25) is 9.69 Å². The van der Waals surface area contributed by atoms with Crippen LogP contribution in [0.25, 0.3) is 10.2 Å². The van der Waals surface area contributed by atoms with Crippen LogP contribution in [0.15, 0.2) is 48.5 Å². The van der Waals surface area contributed by atoms with E-state index in [-0.39, 0.29) is 11.9 Å². The van der Waals surface area contributed by atoms with Crippen LogP contribution in [0.4, 0.5) is 5.13 Å². The summed E-state index contributed by atoms with van der Waals surface area (Å²) in [4.78, 5) is 18.9. The molecular weight excluding hydrogens is 346 g/mol. The molecule has 136 valence electrons. The number of hydrogen-bond acceptors (Lipinski definition) is 5. The van der Waals surface area contributed by atoms with Crippen molar-refractivity contribution < 1.29 is 9.53 Å². The van der Waals surface area contributed by atoms with Gasteiger partial charge in [0.05, 0.1) is 16.3 Å². The number of likely N-dealkylation sites (N-methyl/N-ethyl adjacent to an activating group) is 1. The van der Waals surface area contributed by atoms with E-state index in [4.69, 9.17) is 4.74 Å². The average molecular weight is 369 g/mol. The van der Waals surface area contributed by atoms with Gasteiger partial charge in [0.15, 0.2) is 5.13 Å². The lowest BCUT2D eigenvalue weighted by Crippen LogP contribution is -2.41. The Bertz CT molecular complexity index is 843. The van der Waals surface area contributed by atoms with Crippen LogP contribution in [-0.2, 0) is 4.79 Å². The number of carbonyl (C=O) groups excluding carboxylic acids is 1. The van der Waals surface area contributed by atoms with Gasteiger partial charge in [-0.2, -0.15) is 0 Å². The first-order chi connectivity index (χ1) is 12.5. The number of aromatic nitrogens is 1. The first-order valence-electron chi connectivity index (χ1n) is 8.59. The van der Waals surface area contributed by atoms with Crippen LogP contribution < -0.4 is 10.1 Å². The number of carbonyl (C=O) groups is 1. The van der Waals surface area contributed by atoms with E-state index in [0.29, 0.717) is 18.3 Å². The molecule has 0 bridgehead atoms. The summed E-state index contributed by atoms with van der Waals surface area (Å²) >= 11 is 1.48. The van der Waals surface area contributed by atoms with Gasteiger partial charge in [0, 0.05) is 6.54 Å². The number of fused-ring (bicyclic) bond motifs is 1. The third kappa shape index (κ3) is 4.59. The third-order valence-electron chi connectivity index (χ3n) is 4.30. The predicted octanol–water partition coefficient (Wildman–Crippen LogP) is 3.94. The van der Waals surface area contributed by atoms with Gasteiger partial charge in [0.1, 0.15) is 12.4 Å². The van der Waals surface area contributed by atoms with E-state index in [9.17, 15) is 4.79 Å². The molecule has 2 aromatic carbocycles. The van der Waals surface area contributed by atoms with Gasteiger partial charge in [-0.05, 0) is 45.2 Å². The minimum Gasteiger partial charge on any atom is -0.492 e. The third-order valence-corrected chi connectivity index (χ3v) is 5.25. The number of rotatable bonds is 7. The van der Waals surface area contributed by atoms with Crippen LogP contribution in [0.3, 0.4) is 0 Å². The Morgan fingerprint density at radius 3 is 2.69 bits per heavy atom. The van der Waals surface area contributed by atoms with E-state index in [2.05, 4.69) is 10.3 Å². The van der Waals surface area contributed by atoms with Crippen molar-refractivity contribution in [1.29, 1.82) is 0 Å². The van der Waals surface area contributed by atoms with Crippen molar-refractivity contribution in [1.82, 2.24) is 9.88 Å². The summed E-state index contributed by atoms with van der Waals surface area (Å²) < 4.78 is 6.80. The van der Waals surface area contributed by atoms with Crippen molar-refractivity contribution >= 4 is 32.6 Å². The van der Waals surface area contributed by atoms with E-state index < -0.39 is 0 Å². The second-order valence-corrected chi connectivity index (χ2v) is 7.32. The molecule has 1 heterocycles. The smallest absolute Gasteiger partial charge is 0.243 e. The topological polar surface area (TPSA) is 54.5 Å². The molecular formula is C20H23N3O2S. The van der Waals surface area contributed by atoms with Crippen LogP contribution in [0.5, 0.6) is 5.75 Å². The number of benzene rings is 2. The lowest BCUT2D eigenvalue weighted by atomic mass is 10.2. The maximum Gasteiger partial charge on any atom is 0.243 e. The molecule has 1 atom stereocenters. The minimum absolute atomic E-state index is 0.0677. The molecule has 3 rings (SSSR count). The van der Waals surface area contributed by atoms with E-state index >= 15 is 0 Å². The van der Waals surface area contributed by atoms with E-state index in [1.807, 2.05) is 74.3 Å². The van der Waals surface area contributed by atoms with E-state index in [1.54, 1.807) is 0 Å². The molecule has 0 saturated carbocycles. The Kier molecular flexibility index (Phi) is 5.85. The highest BCUT2D eigenvalue weighted by molar-refractivity contribution is 7.22. The number of para-hydroxylation sites is 1. The normalized spacial score (nSPS) is 12.3. The van der Waals surface area contributed by atoms with Crippen LogP contribution >= 0.6 is 11.3 Å². The summed E-state index contributed by atoms with van der Waals surface area (Å²) in [5.74, 6) is 0.775. The number of amides is 1. The standard InChI is InChI=1S/C20H23N3O2S/c1-14-8-10-16(11-9-14)25-13-12-23(3)15(2)19(24)22-20-21-17-6-4-5-7-18(17)26-20/h4-11,15H,12-13H2,1-3H3,(H,21,22,24)/t15-/m0/s1. The second-order valence-electron chi connectivity index (χ2n) is 6.29. The zero-order chi connectivity index (χ0) is 18.5. The van der Waals surface area contributed by atoms with Gasteiger partial charge in [0.2, 0.25) is 5.91 Å². The fourth-order valence-electron chi connectivity index (χ4n) is 2.47. The molecule has 1 aromatic heterocycles. The molecule has 0 unspecified atom stereocenters. The highest BCUT2D eigenvalue weighted by Gasteiger charge is 2.19. The monoisotopic (exact) mass is 369 g/mol. The molecule has 0 radical (unpaired) electrons. The molecule has 1 N–H and O–H groups in total. The van der Waals surface area contributed by atoms with Crippen LogP contribution in [0, 0.1) is 6.92 Å². The lowest BCUT2D eigenvalue weighted by molar-refractivity contribution is -0.120. The molecule has 0 aliphatic heterocycles. The molecule has 0 spiro atoms. The van der Waals surface area contributed by atoms with Crippen molar-refractivity contribution in [2.24, 2.45) is 0 Å². The summed E-state index contributed by atoms with van der Waals surface area (Å²) in [6, 6.07) is 15.5. The Morgan fingerprint density at radius 2 is 1.96 bits per heavy atom. The molecule has 3 aromatic rings. The fourth-order valence-corrected chi connectivity index (χ4v) is 3.34. The van der Waals surface area contributed by atoms with Crippen molar-refractivity contribution in [3.63, 3.8) is 0 Å². The second kappa shape index (κ2) is 8.29. The predicted molar refractivity (Wildman–Crippen MR) is 107 cm³/mol. The summed E-state index contributed by atoms with van der Waals surface area (Å²) in [5.41, 5.74) is 2.11. The fraction of sp³-hybridized carbons (Fsp3) is 0.300. The summed E-state index contributed by atoms with van der Waals surface area (Å²) in [6.07, 6.45) is 0. The highest BCUT2D eigenvalue weighted by atomic mass is 32.1. The molecule has 0 aliphatic carbocycles. The first kappa shape index (κ1) is 18.4. The summed E-state index contributed by atoms with van der Waals surface area (Å²) in [6.45, 7) is 5.11. The number of nitrogens with one attached hydrogen (secondary N) is 1. The van der Waals surface area contributed by atoms with Gasteiger partial charge in [-0.15, -0.1) is 0 Å². The maximum atomic E-state index is 12.5. The molecule has 26 heavy (non-hydrogen) atoms. The summed E-state index contributed by atoms with van der Waals surface area (Å²) in [7, 11) is 1.92. The van der Waals surface area contributed by atoms with Crippen molar-refractivity contribution in [2.45, 2.75) is 19.9 Å². The quantitative estimate of drug-likeness (QED) is 0.685. The number of nitrogens with zero attached hydrogens (tertiary/aromatic N) is 2. The highest BCUT2D eigenvalue weighted by Crippen LogP contribution is 2.25. The Hall–Kier alpha value is -2.44. The zero-order valence-corrected chi connectivity index (χ0v) is 16.0. The van der Waals surface area contributed by atoms with Crippen molar-refractivity contribution in [2.75, 3.05) is 25.5 Å². The Labute approximate surface area is 157 Å². The summed E-state index contributed by atoms with van der Waals surface area (Å²) in [5, 5.41) is 3.54. The number of anilines is 1. The molecule has 6 heteroatoms. The number of hydrogen-bond donors (Lipinski definition) is 1. The molecule has 5 nitrogen and oxygen atoms in total. The van der Waals surface area contributed by atoms with Crippen LogP contribution in [0.1, 0.15) is 12.5 Å². The zero-order valence-electron chi connectivity index (χ0n) is 15.2. The Morgan fingerprint density at radius 1 is 1.23 bits per heavy atom. The van der Waals surface area contributed by atoms with Gasteiger partial charge in [-0.25, -0.2) is 4.98 Å². The minimum atomic E-state index is -0.274. The first-order valence-corrected chi connectivity index (χ1v) is 9.41. The Balaban J connectivity index is 1.49.